The number of carbonyl (C=O) groups is 7. The fourth-order valence-electron chi connectivity index (χ4n) is 4.55. The molecule has 5 N–H and O–H groups in total. The summed E-state index contributed by atoms with van der Waals surface area (Å²) in [5.41, 5.74) is -4.14. The molecule has 43 heavy (non-hydrogen) atoms. The predicted octanol–water partition coefficient (Wildman–Crippen LogP) is -1.09. The van der Waals surface area contributed by atoms with Crippen molar-refractivity contribution >= 4 is 47.5 Å². The number of ketones is 1. The van der Waals surface area contributed by atoms with Crippen molar-refractivity contribution in [1.82, 2.24) is 5.32 Å². The molecule has 0 saturated heterocycles. The predicted molar refractivity (Wildman–Crippen MR) is 142 cm³/mol. The molecule has 3 rings (SSSR count). The normalized spacial score (nSPS) is 16.3. The van der Waals surface area contributed by atoms with Crippen LogP contribution in [0.1, 0.15) is 97.4 Å². The molecular formula is C28H27N2NaO12. The maximum Gasteiger partial charge on any atom is 1.00 e. The maximum absolute atomic E-state index is 12.7. The van der Waals surface area contributed by atoms with Crippen LogP contribution in [0.15, 0.2) is 41.4 Å². The zero-order chi connectivity index (χ0) is 31.9. The zero-order valence-electron chi connectivity index (χ0n) is 23.7. The number of amides is 2. The van der Waals surface area contributed by atoms with Gasteiger partial charge in [0.1, 0.15) is 5.41 Å². The fourth-order valence-corrected chi connectivity index (χ4v) is 4.55. The van der Waals surface area contributed by atoms with Gasteiger partial charge < -0.3 is 30.8 Å². The summed E-state index contributed by atoms with van der Waals surface area (Å²) < 4.78 is 0. The van der Waals surface area contributed by atoms with Gasteiger partial charge >= 0.3 is 53.4 Å². The summed E-state index contributed by atoms with van der Waals surface area (Å²) in [6.07, 6.45) is 2.02. The first-order valence-electron chi connectivity index (χ1n) is 12.5. The third-order valence-corrected chi connectivity index (χ3v) is 6.81. The van der Waals surface area contributed by atoms with Crippen molar-refractivity contribution in [2.45, 2.75) is 40.0 Å². The Kier molecular flexibility index (Phi) is 12.9. The van der Waals surface area contributed by atoms with E-state index in [0.29, 0.717) is 6.42 Å². The molecule has 2 atom stereocenters. The molecule has 2 amide bonds. The molecule has 2 unspecified atom stereocenters. The summed E-state index contributed by atoms with van der Waals surface area (Å²) in [7, 11) is 0. The minimum Gasteiger partial charge on any atom is -0.846 e. The number of aliphatic imine (C=N–C) groups is 1. The van der Waals surface area contributed by atoms with Crippen LogP contribution in [0.5, 0.6) is 0 Å². The first-order valence-corrected chi connectivity index (χ1v) is 12.5. The molecule has 0 bridgehead atoms. The van der Waals surface area contributed by atoms with Gasteiger partial charge in [0.25, 0.3) is 5.91 Å². The van der Waals surface area contributed by atoms with Gasteiger partial charge in [-0.1, -0.05) is 27.2 Å². The number of carboxylic acids is 4. The molecule has 0 saturated carbocycles. The largest absolute Gasteiger partial charge is 1.00 e. The Hall–Kier alpha value is -4.40. The Morgan fingerprint density at radius 2 is 1.26 bits per heavy atom. The van der Waals surface area contributed by atoms with Gasteiger partial charge in [-0.3, -0.25) is 14.4 Å². The Balaban J connectivity index is 0.000000469. The summed E-state index contributed by atoms with van der Waals surface area (Å²) in [6.45, 7) is 5.62. The van der Waals surface area contributed by atoms with Crippen molar-refractivity contribution in [3.8, 4) is 0 Å². The van der Waals surface area contributed by atoms with E-state index in [0.717, 1.165) is 49.2 Å². The van der Waals surface area contributed by atoms with Crippen molar-refractivity contribution < 1.29 is 88.7 Å². The summed E-state index contributed by atoms with van der Waals surface area (Å²) in [6, 6.07) is 4.52. The van der Waals surface area contributed by atoms with Gasteiger partial charge in [-0.2, -0.15) is 0 Å². The Morgan fingerprint density at radius 3 is 1.58 bits per heavy atom. The topological polar surface area (TPSA) is 248 Å². The molecule has 15 heteroatoms. The van der Waals surface area contributed by atoms with E-state index in [1.165, 1.54) is 0 Å². The monoisotopic (exact) mass is 606 g/mol. The second-order valence-corrected chi connectivity index (χ2v) is 9.26. The SMILES string of the molecule is CCCC(C)C1(CC)C(=O)N=C([O-])NC1=O.O=C(O)c1ccc(C(=O)O)c(C(=O)c2cc(C(=O)O)ccc2C(=O)O)c1.[Na+]. The second kappa shape index (κ2) is 15.2. The van der Waals surface area contributed by atoms with Crippen LogP contribution in [0.25, 0.3) is 0 Å². The number of rotatable bonds is 10. The van der Waals surface area contributed by atoms with Gasteiger partial charge in [0.2, 0.25) is 5.91 Å². The summed E-state index contributed by atoms with van der Waals surface area (Å²) >= 11 is 0. The van der Waals surface area contributed by atoms with E-state index in [4.69, 9.17) is 10.2 Å². The van der Waals surface area contributed by atoms with Crippen molar-refractivity contribution in [1.29, 1.82) is 0 Å². The molecule has 2 aromatic carbocycles. The molecule has 1 aliphatic heterocycles. The van der Waals surface area contributed by atoms with E-state index < -0.39 is 75.2 Å². The van der Waals surface area contributed by atoms with Crippen LogP contribution >= 0.6 is 0 Å². The summed E-state index contributed by atoms with van der Waals surface area (Å²) in [5, 5.41) is 49.5. The van der Waals surface area contributed by atoms with Crippen LogP contribution in [0.2, 0.25) is 0 Å². The number of nitrogens with zero attached hydrogens (tertiary/aromatic N) is 1. The van der Waals surface area contributed by atoms with E-state index in [9.17, 15) is 48.9 Å². The Bertz CT molecular complexity index is 1440. The van der Waals surface area contributed by atoms with E-state index in [2.05, 4.69) is 10.3 Å². The quantitative estimate of drug-likeness (QED) is 0.123. The molecule has 1 heterocycles. The van der Waals surface area contributed by atoms with Crippen molar-refractivity contribution in [2.75, 3.05) is 0 Å². The number of benzene rings is 2. The number of hydrogen-bond acceptors (Lipinski definition) is 8. The molecule has 0 fully saturated rings. The average molecular weight is 607 g/mol. The molecule has 0 radical (unpaired) electrons. The minimum absolute atomic E-state index is 0. The average Bonchev–Trinajstić information content (AvgIpc) is 2.92. The number of carboxylic acid groups (broad SMARTS) is 4. The number of nitrogens with one attached hydrogen (secondary N) is 1. The third kappa shape index (κ3) is 7.91. The molecule has 2 aromatic rings. The van der Waals surface area contributed by atoms with Crippen LogP contribution in [0.3, 0.4) is 0 Å². The first kappa shape index (κ1) is 36.6. The van der Waals surface area contributed by atoms with E-state index in [-0.39, 0.29) is 46.6 Å². The van der Waals surface area contributed by atoms with Crippen molar-refractivity contribution in [3.05, 3.63) is 69.8 Å². The standard InChI is InChI=1S/C17H10O9.C11H18N2O3.Na/c18-13(11-5-7(14(19)20)1-3-9(11)16(23)24)12-6-8(15(21)22)2-4-10(12)17(25)26;1-4-6-7(3)11(5-2)8(14)12-10(16)13-9(11)15;/h1-6H,(H,19,20)(H,21,22)(H,23,24)(H,25,26);7H,4-6H2,1-3H3,(H2,12,13,14,15,16);/q;;+1/p-1. The van der Waals surface area contributed by atoms with Gasteiger partial charge in [-0.05, 0) is 55.2 Å². The van der Waals surface area contributed by atoms with Gasteiger partial charge in [0.15, 0.2) is 5.78 Å². The van der Waals surface area contributed by atoms with E-state index in [1.54, 1.807) is 6.92 Å². The second-order valence-electron chi connectivity index (χ2n) is 9.26. The molecule has 0 spiro atoms. The summed E-state index contributed by atoms with van der Waals surface area (Å²) in [4.78, 5) is 84.6. The van der Waals surface area contributed by atoms with E-state index in [1.807, 2.05) is 13.8 Å². The third-order valence-electron chi connectivity index (χ3n) is 6.81. The Morgan fingerprint density at radius 1 is 0.814 bits per heavy atom. The van der Waals surface area contributed by atoms with E-state index >= 15 is 0 Å². The van der Waals surface area contributed by atoms with Crippen LogP contribution in [-0.4, -0.2) is 67.9 Å². The number of aromatic carboxylic acids is 4. The first-order chi connectivity index (χ1) is 19.6. The number of amidine groups is 1. The van der Waals surface area contributed by atoms with Crippen LogP contribution < -0.4 is 40.0 Å². The number of carbonyl (C=O) groups excluding carboxylic acids is 3. The van der Waals surface area contributed by atoms with Crippen molar-refractivity contribution in [2.24, 2.45) is 16.3 Å². The fraction of sp³-hybridized carbons (Fsp3) is 0.286. The minimum atomic E-state index is -1.53. The van der Waals surface area contributed by atoms with Gasteiger partial charge in [-0.25, -0.2) is 24.2 Å². The van der Waals surface area contributed by atoms with Gasteiger partial charge in [-0.15, -0.1) is 0 Å². The Labute approximate surface area is 266 Å². The molecule has 14 nitrogen and oxygen atoms in total. The molecular weight excluding hydrogens is 579 g/mol. The number of hydrogen-bond donors (Lipinski definition) is 5. The molecule has 1 aliphatic rings. The molecule has 0 aliphatic carbocycles. The summed E-state index contributed by atoms with van der Waals surface area (Å²) in [5.74, 6) is -8.22. The van der Waals surface area contributed by atoms with Gasteiger partial charge in [0.05, 0.1) is 28.3 Å². The molecule has 222 valence electrons. The van der Waals surface area contributed by atoms with Crippen LogP contribution in [0, 0.1) is 11.3 Å². The zero-order valence-corrected chi connectivity index (χ0v) is 25.7. The van der Waals surface area contributed by atoms with Crippen LogP contribution in [-0.2, 0) is 9.59 Å². The van der Waals surface area contributed by atoms with Crippen molar-refractivity contribution in [3.63, 3.8) is 0 Å². The van der Waals surface area contributed by atoms with Crippen LogP contribution in [0.4, 0.5) is 0 Å². The van der Waals surface area contributed by atoms with Gasteiger partial charge in [0, 0.05) is 11.1 Å². The smallest absolute Gasteiger partial charge is 0.846 e. The maximum atomic E-state index is 12.7. The molecule has 0 aromatic heterocycles.